The number of anilines is 1. The van der Waals surface area contributed by atoms with Crippen molar-refractivity contribution in [2.75, 3.05) is 11.9 Å². The summed E-state index contributed by atoms with van der Waals surface area (Å²) in [5, 5.41) is 4.73. The maximum atomic E-state index is 6.32. The fourth-order valence-corrected chi connectivity index (χ4v) is 3.35. The van der Waals surface area contributed by atoms with E-state index in [-0.39, 0.29) is 0 Å². The van der Waals surface area contributed by atoms with E-state index >= 15 is 0 Å². The van der Waals surface area contributed by atoms with E-state index in [9.17, 15) is 0 Å². The second-order valence-corrected chi connectivity index (χ2v) is 7.16. The lowest BCUT2D eigenvalue weighted by Crippen LogP contribution is -2.15. The molecular weight excluding hydrogens is 370 g/mol. The molecule has 28 heavy (non-hydrogen) atoms. The molecule has 3 aromatic heterocycles. The fourth-order valence-electron chi connectivity index (χ4n) is 3.15. The van der Waals surface area contributed by atoms with E-state index in [1.54, 1.807) is 18.6 Å². The van der Waals surface area contributed by atoms with Crippen molar-refractivity contribution in [2.24, 2.45) is 5.92 Å². The van der Waals surface area contributed by atoms with Crippen LogP contribution in [0.2, 0.25) is 5.15 Å². The molecule has 0 aliphatic carbocycles. The van der Waals surface area contributed by atoms with Crippen LogP contribution in [-0.4, -0.2) is 26.5 Å². The van der Waals surface area contributed by atoms with Gasteiger partial charge in [0, 0.05) is 36.1 Å². The van der Waals surface area contributed by atoms with Crippen LogP contribution >= 0.6 is 11.6 Å². The molecule has 0 unspecified atom stereocenters. The lowest BCUT2D eigenvalue weighted by molar-refractivity contribution is 0.611. The van der Waals surface area contributed by atoms with Crippen molar-refractivity contribution in [1.29, 1.82) is 0 Å². The molecule has 1 N–H and O–H groups in total. The van der Waals surface area contributed by atoms with Gasteiger partial charge < -0.3 is 5.32 Å². The van der Waals surface area contributed by atoms with Gasteiger partial charge in [0.1, 0.15) is 11.3 Å². The van der Waals surface area contributed by atoms with Crippen LogP contribution in [0.15, 0.2) is 67.1 Å². The van der Waals surface area contributed by atoms with Gasteiger partial charge in [0.2, 0.25) is 0 Å². The number of nitrogens with zero attached hydrogens (tertiary/aromatic N) is 4. The molecule has 0 aliphatic heterocycles. The number of nitrogens with one attached hydrogen (secondary N) is 1. The maximum Gasteiger partial charge on any atom is 0.162 e. The SMILES string of the molecule is C[C@H](CNc1nc(-c2ccncc2)nc2c(Cl)nccc12)Cc1ccccc1. The van der Waals surface area contributed by atoms with Crippen LogP contribution in [0.5, 0.6) is 0 Å². The predicted octanol–water partition coefficient (Wildman–Crippen LogP) is 5.03. The summed E-state index contributed by atoms with van der Waals surface area (Å²) in [6.45, 7) is 3.01. The summed E-state index contributed by atoms with van der Waals surface area (Å²) in [6, 6.07) is 16.2. The number of halogens is 1. The Labute approximate surface area is 168 Å². The Morgan fingerprint density at radius 2 is 1.75 bits per heavy atom. The van der Waals surface area contributed by atoms with Crippen molar-refractivity contribution in [3.05, 3.63) is 77.8 Å². The normalized spacial score (nSPS) is 12.1. The molecule has 140 valence electrons. The van der Waals surface area contributed by atoms with Gasteiger partial charge in [-0.1, -0.05) is 48.9 Å². The topological polar surface area (TPSA) is 63.6 Å². The van der Waals surface area contributed by atoms with E-state index in [4.69, 9.17) is 16.6 Å². The Morgan fingerprint density at radius 3 is 2.54 bits per heavy atom. The highest BCUT2D eigenvalue weighted by molar-refractivity contribution is 6.34. The van der Waals surface area contributed by atoms with E-state index < -0.39 is 0 Å². The molecule has 1 aromatic carbocycles. The average Bonchev–Trinajstić information content (AvgIpc) is 2.74. The van der Waals surface area contributed by atoms with Gasteiger partial charge in [-0.25, -0.2) is 15.0 Å². The van der Waals surface area contributed by atoms with E-state index in [1.165, 1.54) is 5.56 Å². The molecule has 6 heteroatoms. The van der Waals surface area contributed by atoms with Gasteiger partial charge in [0.15, 0.2) is 11.0 Å². The number of aromatic nitrogens is 4. The highest BCUT2D eigenvalue weighted by atomic mass is 35.5. The van der Waals surface area contributed by atoms with Crippen LogP contribution in [0.4, 0.5) is 5.82 Å². The molecule has 0 fully saturated rings. The molecular formula is C22H20ClN5. The summed E-state index contributed by atoms with van der Waals surface area (Å²) in [6.07, 6.45) is 6.13. The Bertz CT molecular complexity index is 1070. The Kier molecular flexibility index (Phi) is 5.44. The van der Waals surface area contributed by atoms with Crippen molar-refractivity contribution in [3.8, 4) is 11.4 Å². The molecule has 4 aromatic rings. The first-order chi connectivity index (χ1) is 13.7. The zero-order chi connectivity index (χ0) is 19.3. The second-order valence-electron chi connectivity index (χ2n) is 6.81. The first-order valence-electron chi connectivity index (χ1n) is 9.21. The Morgan fingerprint density at radius 1 is 0.964 bits per heavy atom. The predicted molar refractivity (Wildman–Crippen MR) is 113 cm³/mol. The Hall–Kier alpha value is -3.05. The monoisotopic (exact) mass is 389 g/mol. The zero-order valence-electron chi connectivity index (χ0n) is 15.5. The highest BCUT2D eigenvalue weighted by Gasteiger charge is 2.13. The van der Waals surface area contributed by atoms with E-state index in [1.807, 2.05) is 24.3 Å². The number of rotatable bonds is 6. The molecule has 0 amide bonds. The minimum atomic E-state index is 0.371. The van der Waals surface area contributed by atoms with Crippen molar-refractivity contribution < 1.29 is 0 Å². The van der Waals surface area contributed by atoms with E-state index in [0.29, 0.717) is 22.4 Å². The largest absolute Gasteiger partial charge is 0.369 e. The summed E-state index contributed by atoms with van der Waals surface area (Å²) in [7, 11) is 0. The average molecular weight is 390 g/mol. The maximum absolute atomic E-state index is 6.32. The van der Waals surface area contributed by atoms with Crippen molar-refractivity contribution >= 4 is 28.3 Å². The number of fused-ring (bicyclic) bond motifs is 1. The van der Waals surface area contributed by atoms with Gasteiger partial charge in [-0.2, -0.15) is 0 Å². The highest BCUT2D eigenvalue weighted by Crippen LogP contribution is 2.28. The van der Waals surface area contributed by atoms with Crippen LogP contribution in [0.1, 0.15) is 12.5 Å². The van der Waals surface area contributed by atoms with Gasteiger partial charge in [0.05, 0.1) is 0 Å². The number of hydrogen-bond acceptors (Lipinski definition) is 5. The molecule has 0 saturated heterocycles. The summed E-state index contributed by atoms with van der Waals surface area (Å²) in [5.41, 5.74) is 2.86. The van der Waals surface area contributed by atoms with Crippen molar-refractivity contribution in [3.63, 3.8) is 0 Å². The molecule has 0 aliphatic rings. The molecule has 0 radical (unpaired) electrons. The summed E-state index contributed by atoms with van der Waals surface area (Å²) < 4.78 is 0. The standard InChI is InChI=1S/C22H20ClN5/c1-15(13-16-5-3-2-4-6-16)14-26-22-18-9-12-25-20(23)19(18)27-21(28-22)17-7-10-24-11-8-17/h2-12,15H,13-14H2,1H3,(H,26,27,28)/t15-/m0/s1. The summed E-state index contributed by atoms with van der Waals surface area (Å²) >= 11 is 6.32. The van der Waals surface area contributed by atoms with Crippen LogP contribution in [0.3, 0.4) is 0 Å². The van der Waals surface area contributed by atoms with Crippen LogP contribution < -0.4 is 5.32 Å². The minimum Gasteiger partial charge on any atom is -0.369 e. The third-order valence-corrected chi connectivity index (χ3v) is 4.83. The lowest BCUT2D eigenvalue weighted by atomic mass is 10.0. The summed E-state index contributed by atoms with van der Waals surface area (Å²) in [4.78, 5) is 17.6. The Balaban J connectivity index is 1.63. The number of pyridine rings is 2. The second kappa shape index (κ2) is 8.31. The molecule has 4 rings (SSSR count). The lowest BCUT2D eigenvalue weighted by Gasteiger charge is -2.15. The minimum absolute atomic E-state index is 0.371. The summed E-state index contributed by atoms with van der Waals surface area (Å²) in [5.74, 6) is 1.80. The molecule has 1 atom stereocenters. The van der Waals surface area contributed by atoms with Crippen LogP contribution in [0, 0.1) is 5.92 Å². The fraction of sp³-hybridized carbons (Fsp3) is 0.182. The first-order valence-corrected chi connectivity index (χ1v) is 9.59. The number of hydrogen-bond donors (Lipinski definition) is 1. The van der Waals surface area contributed by atoms with Gasteiger partial charge >= 0.3 is 0 Å². The van der Waals surface area contributed by atoms with Crippen molar-refractivity contribution in [1.82, 2.24) is 19.9 Å². The van der Waals surface area contributed by atoms with Gasteiger partial charge in [-0.05, 0) is 36.1 Å². The van der Waals surface area contributed by atoms with Gasteiger partial charge in [-0.3, -0.25) is 4.98 Å². The third kappa shape index (κ3) is 4.10. The first kappa shape index (κ1) is 18.3. The molecule has 5 nitrogen and oxygen atoms in total. The quantitative estimate of drug-likeness (QED) is 0.468. The van der Waals surface area contributed by atoms with E-state index in [0.717, 1.165) is 29.7 Å². The van der Waals surface area contributed by atoms with Crippen LogP contribution in [0.25, 0.3) is 22.3 Å². The number of benzene rings is 1. The molecule has 0 spiro atoms. The molecule has 0 bridgehead atoms. The van der Waals surface area contributed by atoms with Gasteiger partial charge in [-0.15, -0.1) is 0 Å². The third-order valence-electron chi connectivity index (χ3n) is 4.55. The smallest absolute Gasteiger partial charge is 0.162 e. The van der Waals surface area contributed by atoms with Gasteiger partial charge in [0.25, 0.3) is 0 Å². The van der Waals surface area contributed by atoms with E-state index in [2.05, 4.69) is 51.5 Å². The zero-order valence-corrected chi connectivity index (χ0v) is 16.3. The van der Waals surface area contributed by atoms with Crippen LogP contribution in [-0.2, 0) is 6.42 Å². The molecule has 0 saturated carbocycles. The molecule has 3 heterocycles. The van der Waals surface area contributed by atoms with Crippen molar-refractivity contribution in [2.45, 2.75) is 13.3 Å².